The number of benzene rings is 2. The number of carbonyl (C=O) groups is 1. The zero-order valence-corrected chi connectivity index (χ0v) is 17.1. The van der Waals surface area contributed by atoms with Crippen molar-refractivity contribution in [2.24, 2.45) is 0 Å². The summed E-state index contributed by atoms with van der Waals surface area (Å²) in [5.41, 5.74) is 1.74. The quantitative estimate of drug-likeness (QED) is 0.601. The van der Waals surface area contributed by atoms with E-state index in [1.54, 1.807) is 66.9 Å². The van der Waals surface area contributed by atoms with E-state index in [9.17, 15) is 13.2 Å². The Bertz CT molecular complexity index is 1160. The lowest BCUT2D eigenvalue weighted by Crippen LogP contribution is -2.25. The number of carbonyl (C=O) groups excluding carboxylic acids is 1. The Morgan fingerprint density at radius 1 is 1.03 bits per heavy atom. The molecule has 1 saturated carbocycles. The summed E-state index contributed by atoms with van der Waals surface area (Å²) in [4.78, 5) is 16.7. The van der Waals surface area contributed by atoms with Gasteiger partial charge in [0.15, 0.2) is 0 Å². The molecule has 1 aromatic heterocycles. The lowest BCUT2D eigenvalue weighted by molar-refractivity contribution is 0.0948. The minimum Gasteiger partial charge on any atom is -0.438 e. The summed E-state index contributed by atoms with van der Waals surface area (Å²) in [6, 6.07) is 16.6. The normalized spacial score (nSPS) is 13.5. The fourth-order valence-corrected chi connectivity index (χ4v) is 3.83. The third-order valence-corrected chi connectivity index (χ3v) is 5.98. The summed E-state index contributed by atoms with van der Waals surface area (Å²) < 4.78 is 33.3. The van der Waals surface area contributed by atoms with Crippen molar-refractivity contribution >= 4 is 21.6 Å². The molecule has 30 heavy (non-hydrogen) atoms. The summed E-state index contributed by atoms with van der Waals surface area (Å²) in [6.07, 6.45) is 3.53. The van der Waals surface area contributed by atoms with Gasteiger partial charge in [-0.3, -0.25) is 9.52 Å². The molecular formula is C22H21N3O4S. The number of anilines is 1. The Labute approximate surface area is 175 Å². The molecule has 0 atom stereocenters. The Balaban J connectivity index is 1.47. The number of sulfonamides is 1. The van der Waals surface area contributed by atoms with E-state index in [1.165, 1.54) is 0 Å². The van der Waals surface area contributed by atoms with Crippen LogP contribution in [0.4, 0.5) is 5.69 Å². The van der Waals surface area contributed by atoms with Crippen LogP contribution in [0.25, 0.3) is 0 Å². The number of nitrogens with zero attached hydrogens (tertiary/aromatic N) is 1. The molecule has 2 aromatic carbocycles. The van der Waals surface area contributed by atoms with Crippen LogP contribution in [0.2, 0.25) is 0 Å². The van der Waals surface area contributed by atoms with Gasteiger partial charge in [0.1, 0.15) is 11.3 Å². The number of nitrogens with one attached hydrogen (secondary N) is 2. The van der Waals surface area contributed by atoms with Gasteiger partial charge in [0, 0.05) is 17.9 Å². The van der Waals surface area contributed by atoms with Crippen molar-refractivity contribution in [1.29, 1.82) is 0 Å². The first-order valence-electron chi connectivity index (χ1n) is 9.54. The Morgan fingerprint density at radius 2 is 1.73 bits per heavy atom. The van der Waals surface area contributed by atoms with E-state index >= 15 is 0 Å². The number of hydrogen-bond donors (Lipinski definition) is 2. The van der Waals surface area contributed by atoms with Crippen LogP contribution in [0, 0.1) is 6.92 Å². The van der Waals surface area contributed by atoms with Gasteiger partial charge >= 0.3 is 0 Å². The van der Waals surface area contributed by atoms with E-state index < -0.39 is 10.0 Å². The number of aryl methyl sites for hydroxylation is 1. The van der Waals surface area contributed by atoms with Crippen molar-refractivity contribution in [2.45, 2.75) is 30.7 Å². The number of ether oxygens (including phenoxy) is 1. The summed E-state index contributed by atoms with van der Waals surface area (Å²) in [7, 11) is -3.68. The predicted octanol–water partition coefficient (Wildman–Crippen LogP) is 3.88. The summed E-state index contributed by atoms with van der Waals surface area (Å²) >= 11 is 0. The van der Waals surface area contributed by atoms with Gasteiger partial charge < -0.3 is 10.1 Å². The summed E-state index contributed by atoms with van der Waals surface area (Å²) in [5.74, 6) is 0.416. The summed E-state index contributed by atoms with van der Waals surface area (Å²) in [5, 5.41) is 2.91. The zero-order valence-electron chi connectivity index (χ0n) is 16.3. The lowest BCUT2D eigenvalue weighted by Gasteiger charge is -2.11. The van der Waals surface area contributed by atoms with Crippen molar-refractivity contribution in [2.75, 3.05) is 4.72 Å². The van der Waals surface area contributed by atoms with Crippen LogP contribution < -0.4 is 14.8 Å². The lowest BCUT2D eigenvalue weighted by atomic mass is 10.2. The SMILES string of the molecule is Cc1ccc(S(=O)(=O)Nc2ccc(Oc3ncccc3C(=O)NC3CC3)cc2)cc1. The largest absolute Gasteiger partial charge is 0.438 e. The molecule has 1 fully saturated rings. The second kappa shape index (κ2) is 8.16. The minimum absolute atomic E-state index is 0.188. The maximum Gasteiger partial charge on any atom is 0.261 e. The van der Waals surface area contributed by atoms with Gasteiger partial charge in [0.2, 0.25) is 5.88 Å². The van der Waals surface area contributed by atoms with Crippen molar-refractivity contribution in [3.8, 4) is 11.6 Å². The highest BCUT2D eigenvalue weighted by atomic mass is 32.2. The van der Waals surface area contributed by atoms with Crippen molar-refractivity contribution in [1.82, 2.24) is 10.3 Å². The maximum absolute atomic E-state index is 12.5. The Kier molecular flexibility index (Phi) is 5.41. The van der Waals surface area contributed by atoms with Crippen molar-refractivity contribution in [3.05, 3.63) is 78.0 Å². The Morgan fingerprint density at radius 3 is 2.40 bits per heavy atom. The monoisotopic (exact) mass is 423 g/mol. The van der Waals surface area contributed by atoms with E-state index in [-0.39, 0.29) is 22.7 Å². The molecular weight excluding hydrogens is 402 g/mol. The maximum atomic E-state index is 12.5. The van der Waals surface area contributed by atoms with Crippen LogP contribution in [0.1, 0.15) is 28.8 Å². The molecule has 2 N–H and O–H groups in total. The van der Waals surface area contributed by atoms with Crippen LogP contribution in [0.15, 0.2) is 71.8 Å². The first kappa shape index (κ1) is 19.9. The molecule has 8 heteroatoms. The average molecular weight is 423 g/mol. The average Bonchev–Trinajstić information content (AvgIpc) is 3.54. The van der Waals surface area contributed by atoms with Gasteiger partial charge in [-0.05, 0) is 68.3 Å². The molecule has 0 radical (unpaired) electrons. The fraction of sp³-hybridized carbons (Fsp3) is 0.182. The molecule has 1 heterocycles. The third kappa shape index (κ3) is 4.77. The fourth-order valence-electron chi connectivity index (χ4n) is 2.77. The third-order valence-electron chi connectivity index (χ3n) is 4.58. The highest BCUT2D eigenvalue weighted by molar-refractivity contribution is 7.92. The van der Waals surface area contributed by atoms with Crippen LogP contribution >= 0.6 is 0 Å². The predicted molar refractivity (Wildman–Crippen MR) is 113 cm³/mol. The van der Waals surface area contributed by atoms with Crippen LogP contribution in [-0.4, -0.2) is 25.4 Å². The number of pyridine rings is 1. The second-order valence-electron chi connectivity index (χ2n) is 7.15. The van der Waals surface area contributed by atoms with Gasteiger partial charge in [-0.2, -0.15) is 0 Å². The first-order valence-corrected chi connectivity index (χ1v) is 11.0. The number of rotatable bonds is 7. The van der Waals surface area contributed by atoms with Gasteiger partial charge in [0.25, 0.3) is 15.9 Å². The number of aromatic nitrogens is 1. The minimum atomic E-state index is -3.68. The summed E-state index contributed by atoms with van der Waals surface area (Å²) in [6.45, 7) is 1.89. The van der Waals surface area contributed by atoms with Crippen LogP contribution in [0.5, 0.6) is 11.6 Å². The molecule has 1 aliphatic rings. The molecule has 0 unspecified atom stereocenters. The molecule has 154 valence electrons. The van der Waals surface area contributed by atoms with E-state index in [2.05, 4.69) is 15.0 Å². The van der Waals surface area contributed by atoms with E-state index in [4.69, 9.17) is 4.74 Å². The molecule has 1 amide bonds. The molecule has 0 spiro atoms. The van der Waals surface area contributed by atoms with E-state index in [0.29, 0.717) is 17.0 Å². The van der Waals surface area contributed by atoms with Gasteiger partial charge in [0.05, 0.1) is 4.90 Å². The van der Waals surface area contributed by atoms with Crippen LogP contribution in [-0.2, 0) is 10.0 Å². The van der Waals surface area contributed by atoms with Gasteiger partial charge in [-0.25, -0.2) is 13.4 Å². The number of amides is 1. The van der Waals surface area contributed by atoms with Gasteiger partial charge in [-0.15, -0.1) is 0 Å². The first-order chi connectivity index (χ1) is 14.4. The van der Waals surface area contributed by atoms with Crippen LogP contribution in [0.3, 0.4) is 0 Å². The zero-order chi connectivity index (χ0) is 21.1. The van der Waals surface area contributed by atoms with E-state index in [1.807, 2.05) is 6.92 Å². The highest BCUT2D eigenvalue weighted by Crippen LogP contribution is 2.26. The molecule has 1 aliphatic carbocycles. The Hall–Kier alpha value is -3.39. The highest BCUT2D eigenvalue weighted by Gasteiger charge is 2.25. The standard InChI is InChI=1S/C22H21N3O4S/c1-15-4-12-19(13-5-15)30(27,28)25-17-8-10-18(11-9-17)29-22-20(3-2-14-23-22)21(26)24-16-6-7-16/h2-5,8-14,16,25H,6-7H2,1H3,(H,24,26). The molecule has 7 nitrogen and oxygen atoms in total. The topological polar surface area (TPSA) is 97.4 Å². The van der Waals surface area contributed by atoms with Crippen molar-refractivity contribution in [3.63, 3.8) is 0 Å². The second-order valence-corrected chi connectivity index (χ2v) is 8.83. The smallest absolute Gasteiger partial charge is 0.261 e. The molecule has 4 rings (SSSR count). The molecule has 0 bridgehead atoms. The molecule has 3 aromatic rings. The van der Waals surface area contributed by atoms with Crippen molar-refractivity contribution < 1.29 is 17.9 Å². The molecule has 0 aliphatic heterocycles. The molecule has 0 saturated heterocycles. The van der Waals surface area contributed by atoms with E-state index in [0.717, 1.165) is 18.4 Å². The van der Waals surface area contributed by atoms with Gasteiger partial charge in [-0.1, -0.05) is 17.7 Å². The number of hydrogen-bond acceptors (Lipinski definition) is 5.